The molecule has 0 aliphatic carbocycles. The lowest BCUT2D eigenvalue weighted by atomic mass is 10.0. The Kier molecular flexibility index (Phi) is 6.24. The number of aromatic nitrogens is 5. The van der Waals surface area contributed by atoms with Gasteiger partial charge in [-0.2, -0.15) is 14.6 Å². The molecule has 1 atom stereocenters. The van der Waals surface area contributed by atoms with Gasteiger partial charge in [-0.3, -0.25) is 4.79 Å². The fourth-order valence-electron chi connectivity index (χ4n) is 4.82. The highest BCUT2D eigenvalue weighted by Crippen LogP contribution is 2.35. The van der Waals surface area contributed by atoms with Gasteiger partial charge in [0.25, 0.3) is 5.56 Å². The second kappa shape index (κ2) is 10.2. The summed E-state index contributed by atoms with van der Waals surface area (Å²) in [5, 5.41) is 9.39. The number of thiazole rings is 1. The van der Waals surface area contributed by atoms with Crippen LogP contribution in [-0.2, 0) is 0 Å². The summed E-state index contributed by atoms with van der Waals surface area (Å²) < 4.78 is 21.2. The van der Waals surface area contributed by atoms with Gasteiger partial charge < -0.3 is 14.2 Å². The van der Waals surface area contributed by atoms with Gasteiger partial charge in [-0.1, -0.05) is 41.7 Å². The van der Waals surface area contributed by atoms with Crippen molar-refractivity contribution >= 4 is 22.4 Å². The molecule has 204 valence electrons. The molecule has 6 aromatic rings. The highest BCUT2D eigenvalue weighted by Gasteiger charge is 2.27. The smallest absolute Gasteiger partial charge is 0.291 e. The van der Waals surface area contributed by atoms with Crippen molar-refractivity contribution in [1.29, 1.82) is 0 Å². The van der Waals surface area contributed by atoms with E-state index in [0.717, 1.165) is 33.8 Å². The van der Waals surface area contributed by atoms with E-state index >= 15 is 0 Å². The molecule has 1 aliphatic heterocycles. The van der Waals surface area contributed by atoms with Crippen molar-refractivity contribution in [3.63, 3.8) is 0 Å². The molecule has 0 saturated heterocycles. The molecule has 0 radical (unpaired) electrons. The van der Waals surface area contributed by atoms with Crippen molar-refractivity contribution in [3.8, 4) is 34.2 Å². The Morgan fingerprint density at radius 1 is 1.05 bits per heavy atom. The monoisotopic (exact) mass is 563 g/mol. The van der Waals surface area contributed by atoms with Gasteiger partial charge in [0.05, 0.1) is 16.8 Å². The number of nitrogens with zero attached hydrogens (tertiary/aromatic N) is 5. The van der Waals surface area contributed by atoms with Crippen LogP contribution in [-0.4, -0.2) is 37.6 Å². The molecule has 9 nitrogen and oxygen atoms in total. The summed E-state index contributed by atoms with van der Waals surface area (Å²) >= 11 is 1.28. The van der Waals surface area contributed by atoms with Gasteiger partial charge >= 0.3 is 0 Å². The Labute approximate surface area is 238 Å². The van der Waals surface area contributed by atoms with Crippen molar-refractivity contribution in [1.82, 2.24) is 24.4 Å². The van der Waals surface area contributed by atoms with E-state index in [1.807, 2.05) is 97.5 Å². The lowest BCUT2D eigenvalue weighted by Crippen LogP contribution is -2.26. The molecule has 0 saturated carbocycles. The largest absolute Gasteiger partial charge is 0.494 e. The summed E-state index contributed by atoms with van der Waals surface area (Å²) in [6, 6.07) is 23.3. The number of ether oxygens (including phenoxy) is 3. The number of para-hydroxylation sites is 3. The van der Waals surface area contributed by atoms with E-state index in [2.05, 4.69) is 16.1 Å². The number of aryl methyl sites for hydroxylation is 1. The minimum atomic E-state index is -0.498. The van der Waals surface area contributed by atoms with Gasteiger partial charge in [0.2, 0.25) is 4.96 Å². The van der Waals surface area contributed by atoms with Crippen molar-refractivity contribution in [2.75, 3.05) is 13.2 Å². The molecule has 1 aliphatic rings. The molecular weight excluding hydrogens is 538 g/mol. The van der Waals surface area contributed by atoms with Crippen LogP contribution in [0.2, 0.25) is 0 Å². The Balaban J connectivity index is 1.28. The summed E-state index contributed by atoms with van der Waals surface area (Å²) in [6.07, 6.45) is 3.29. The average molecular weight is 564 g/mol. The zero-order valence-corrected chi connectivity index (χ0v) is 23.2. The Morgan fingerprint density at radius 2 is 1.85 bits per heavy atom. The minimum absolute atomic E-state index is 0.248. The number of hydrogen-bond donors (Lipinski definition) is 0. The van der Waals surface area contributed by atoms with Crippen LogP contribution in [0.4, 0.5) is 0 Å². The second-order valence-corrected chi connectivity index (χ2v) is 10.6. The van der Waals surface area contributed by atoms with Crippen LogP contribution in [0.3, 0.4) is 0 Å². The van der Waals surface area contributed by atoms with E-state index in [9.17, 15) is 4.79 Å². The van der Waals surface area contributed by atoms with Crippen LogP contribution >= 0.6 is 11.3 Å². The maximum atomic E-state index is 13.4. The van der Waals surface area contributed by atoms with Crippen molar-refractivity contribution in [3.05, 3.63) is 111 Å². The molecule has 0 fully saturated rings. The average Bonchev–Trinajstić information content (AvgIpc) is 3.69. The molecule has 0 bridgehead atoms. The van der Waals surface area contributed by atoms with Crippen LogP contribution in [0.1, 0.15) is 30.0 Å². The molecule has 0 spiro atoms. The zero-order chi connectivity index (χ0) is 27.9. The first-order valence-electron chi connectivity index (χ1n) is 13.3. The van der Waals surface area contributed by atoms with E-state index in [4.69, 9.17) is 19.3 Å². The fraction of sp³-hybridized carbons (Fsp3) is 0.161. The lowest BCUT2D eigenvalue weighted by molar-refractivity contribution is 0.0852. The molecule has 41 heavy (non-hydrogen) atoms. The maximum absolute atomic E-state index is 13.4. The van der Waals surface area contributed by atoms with Crippen LogP contribution in [0.15, 0.2) is 83.8 Å². The molecule has 10 heteroatoms. The van der Waals surface area contributed by atoms with Crippen molar-refractivity contribution in [2.24, 2.45) is 0 Å². The maximum Gasteiger partial charge on any atom is 0.291 e. The van der Waals surface area contributed by atoms with Gasteiger partial charge in [-0.05, 0) is 68.0 Å². The topological polar surface area (TPSA) is 92.8 Å². The first-order chi connectivity index (χ1) is 20.1. The third-order valence-corrected chi connectivity index (χ3v) is 7.75. The molecule has 3 aromatic heterocycles. The van der Waals surface area contributed by atoms with E-state index in [0.29, 0.717) is 33.4 Å². The molecule has 0 N–H and O–H groups in total. The quantitative estimate of drug-likeness (QED) is 0.288. The molecule has 0 amide bonds. The lowest BCUT2D eigenvalue weighted by Gasteiger charge is -2.24. The predicted octanol–water partition coefficient (Wildman–Crippen LogP) is 4.77. The Hall–Kier alpha value is -4.96. The normalized spacial score (nSPS) is 15.0. The molecular formula is C31H25N5O4S. The van der Waals surface area contributed by atoms with Crippen LogP contribution in [0, 0.1) is 6.92 Å². The minimum Gasteiger partial charge on any atom is -0.494 e. The van der Waals surface area contributed by atoms with Gasteiger partial charge in [-0.15, -0.1) is 5.10 Å². The summed E-state index contributed by atoms with van der Waals surface area (Å²) in [5.41, 5.74) is 4.17. The number of rotatable bonds is 6. The highest BCUT2D eigenvalue weighted by molar-refractivity contribution is 7.15. The standard InChI is InChI=1S/C31H25N5O4S/c1-3-38-23-14-13-20(15-19(23)2)28-21(17-35(33-28)22-9-5-4-6-10-22)16-27-30(37)36-31(41-27)32-29(34-36)26-18-39-24-11-7-8-12-25(24)40-26/h4-17,26H,3,18H2,1-2H3/b27-16-. The predicted molar refractivity (Wildman–Crippen MR) is 156 cm³/mol. The number of hydrogen-bond acceptors (Lipinski definition) is 8. The van der Waals surface area contributed by atoms with Gasteiger partial charge in [0.15, 0.2) is 23.4 Å². The fourth-order valence-corrected chi connectivity index (χ4v) is 5.72. The summed E-state index contributed by atoms with van der Waals surface area (Å²) in [7, 11) is 0. The van der Waals surface area contributed by atoms with Crippen molar-refractivity contribution < 1.29 is 14.2 Å². The Bertz CT molecular complexity index is 2000. The first kappa shape index (κ1) is 25.0. The van der Waals surface area contributed by atoms with Gasteiger partial charge in [-0.25, -0.2) is 4.68 Å². The van der Waals surface area contributed by atoms with E-state index < -0.39 is 6.10 Å². The molecule has 3 aromatic carbocycles. The molecule has 4 heterocycles. The highest BCUT2D eigenvalue weighted by atomic mass is 32.1. The summed E-state index contributed by atoms with van der Waals surface area (Å²) in [6.45, 7) is 4.84. The Morgan fingerprint density at radius 3 is 2.63 bits per heavy atom. The molecule has 7 rings (SSSR count). The summed E-state index contributed by atoms with van der Waals surface area (Å²) in [5.74, 6) is 2.56. The van der Waals surface area contributed by atoms with Gasteiger partial charge in [0.1, 0.15) is 18.1 Å². The van der Waals surface area contributed by atoms with Crippen LogP contribution < -0.4 is 24.3 Å². The second-order valence-electron chi connectivity index (χ2n) is 9.57. The van der Waals surface area contributed by atoms with Crippen LogP contribution in [0.25, 0.3) is 28.0 Å². The van der Waals surface area contributed by atoms with Crippen LogP contribution in [0.5, 0.6) is 17.2 Å². The number of fused-ring (bicyclic) bond motifs is 2. The van der Waals surface area contributed by atoms with Crippen molar-refractivity contribution in [2.45, 2.75) is 20.0 Å². The SMILES string of the molecule is CCOc1ccc(-c2nn(-c3ccccc3)cc2/C=c2\sc3nc(C4COc5ccccc5O4)nn3c2=O)cc1C. The third-order valence-electron chi connectivity index (χ3n) is 6.79. The number of benzene rings is 3. The first-order valence-corrected chi connectivity index (χ1v) is 14.1. The van der Waals surface area contributed by atoms with E-state index in [-0.39, 0.29) is 12.2 Å². The van der Waals surface area contributed by atoms with Gasteiger partial charge in [0, 0.05) is 17.3 Å². The third kappa shape index (κ3) is 4.62. The van der Waals surface area contributed by atoms with E-state index in [1.54, 1.807) is 0 Å². The van der Waals surface area contributed by atoms with E-state index in [1.165, 1.54) is 15.9 Å². The summed E-state index contributed by atoms with van der Waals surface area (Å²) in [4.78, 5) is 18.6. The zero-order valence-electron chi connectivity index (χ0n) is 22.4. The molecule has 1 unspecified atom stereocenters.